The van der Waals surface area contributed by atoms with Crippen LogP contribution in [0, 0.1) is 11.3 Å². The first-order valence-corrected chi connectivity index (χ1v) is 7.58. The summed E-state index contributed by atoms with van der Waals surface area (Å²) in [4.78, 5) is 22.2. The van der Waals surface area contributed by atoms with Crippen molar-refractivity contribution >= 4 is 11.6 Å². The van der Waals surface area contributed by atoms with Crippen molar-refractivity contribution in [2.75, 3.05) is 18.0 Å². The van der Waals surface area contributed by atoms with Gasteiger partial charge in [0.05, 0.1) is 11.6 Å². The van der Waals surface area contributed by atoms with Gasteiger partial charge < -0.3 is 10.2 Å². The molecule has 0 saturated carbocycles. The van der Waals surface area contributed by atoms with Crippen LogP contribution in [0.3, 0.4) is 0 Å². The third kappa shape index (κ3) is 3.64. The molecule has 3 rings (SSSR count). The number of piperidine rings is 1. The Labute approximate surface area is 134 Å². The van der Waals surface area contributed by atoms with Crippen molar-refractivity contribution in [3.05, 3.63) is 54.1 Å². The molecule has 0 spiro atoms. The maximum absolute atomic E-state index is 12.2. The minimum absolute atomic E-state index is 0.0851. The van der Waals surface area contributed by atoms with Gasteiger partial charge in [0.15, 0.2) is 0 Å². The minimum atomic E-state index is -0.168. The second kappa shape index (κ2) is 6.88. The van der Waals surface area contributed by atoms with Crippen LogP contribution in [0.5, 0.6) is 0 Å². The zero-order valence-electron chi connectivity index (χ0n) is 12.6. The van der Waals surface area contributed by atoms with Crippen LogP contribution in [-0.4, -0.2) is 35.0 Å². The second-order valence-electron chi connectivity index (χ2n) is 5.51. The van der Waals surface area contributed by atoms with Crippen molar-refractivity contribution in [1.29, 1.82) is 5.26 Å². The molecule has 1 aliphatic heterocycles. The van der Waals surface area contributed by atoms with Gasteiger partial charge in [-0.1, -0.05) is 0 Å². The summed E-state index contributed by atoms with van der Waals surface area (Å²) < 4.78 is 0. The Hall–Kier alpha value is -2.94. The highest BCUT2D eigenvalue weighted by atomic mass is 16.1. The fourth-order valence-electron chi connectivity index (χ4n) is 2.76. The summed E-state index contributed by atoms with van der Waals surface area (Å²) in [5, 5.41) is 11.9. The smallest absolute Gasteiger partial charge is 0.270 e. The summed E-state index contributed by atoms with van der Waals surface area (Å²) >= 11 is 0. The SMILES string of the molecule is N#Cc1ccc(N2CCCC(NC(=O)c3ccncn3)C2)cc1. The number of anilines is 1. The van der Waals surface area contributed by atoms with Crippen molar-refractivity contribution in [3.8, 4) is 6.07 Å². The summed E-state index contributed by atoms with van der Waals surface area (Å²) in [6.45, 7) is 1.70. The third-order valence-corrected chi connectivity index (χ3v) is 3.93. The largest absolute Gasteiger partial charge is 0.369 e. The van der Waals surface area contributed by atoms with E-state index in [0.717, 1.165) is 31.6 Å². The number of nitriles is 1. The molecule has 2 aromatic rings. The van der Waals surface area contributed by atoms with Crippen LogP contribution in [0.4, 0.5) is 5.69 Å². The van der Waals surface area contributed by atoms with Crippen molar-refractivity contribution in [3.63, 3.8) is 0 Å². The van der Waals surface area contributed by atoms with Crippen LogP contribution < -0.4 is 10.2 Å². The molecule has 0 bridgehead atoms. The molecule has 1 amide bonds. The van der Waals surface area contributed by atoms with Gasteiger partial charge >= 0.3 is 0 Å². The Bertz CT molecular complexity index is 708. The number of nitrogens with zero attached hydrogens (tertiary/aromatic N) is 4. The Morgan fingerprint density at radius 2 is 2.13 bits per heavy atom. The fraction of sp³-hybridized carbons (Fsp3) is 0.294. The molecule has 1 atom stereocenters. The summed E-state index contributed by atoms with van der Waals surface area (Å²) in [6, 6.07) is 11.4. The Kier molecular flexibility index (Phi) is 4.48. The molecule has 2 heterocycles. The summed E-state index contributed by atoms with van der Waals surface area (Å²) in [5.41, 5.74) is 2.11. The number of hydrogen-bond donors (Lipinski definition) is 1. The van der Waals surface area contributed by atoms with Gasteiger partial charge in [-0.25, -0.2) is 9.97 Å². The molecule has 116 valence electrons. The van der Waals surface area contributed by atoms with Crippen LogP contribution in [0.2, 0.25) is 0 Å². The maximum Gasteiger partial charge on any atom is 0.270 e. The number of nitrogens with one attached hydrogen (secondary N) is 1. The van der Waals surface area contributed by atoms with Crippen LogP contribution in [0.15, 0.2) is 42.9 Å². The fourth-order valence-corrected chi connectivity index (χ4v) is 2.76. The van der Waals surface area contributed by atoms with Crippen molar-refractivity contribution in [2.45, 2.75) is 18.9 Å². The van der Waals surface area contributed by atoms with E-state index in [1.165, 1.54) is 6.33 Å². The van der Waals surface area contributed by atoms with Gasteiger partial charge in [-0.05, 0) is 43.2 Å². The zero-order chi connectivity index (χ0) is 16.1. The van der Waals surface area contributed by atoms with Gasteiger partial charge in [0.1, 0.15) is 12.0 Å². The van der Waals surface area contributed by atoms with E-state index >= 15 is 0 Å². The van der Waals surface area contributed by atoms with Gasteiger partial charge in [0.2, 0.25) is 0 Å². The molecule has 6 heteroatoms. The lowest BCUT2D eigenvalue weighted by Gasteiger charge is -2.34. The number of carbonyl (C=O) groups excluding carboxylic acids is 1. The first kappa shape index (κ1) is 15.0. The van der Waals surface area contributed by atoms with E-state index in [1.54, 1.807) is 12.3 Å². The molecule has 1 aromatic heterocycles. The molecule has 1 N–H and O–H groups in total. The molecule has 23 heavy (non-hydrogen) atoms. The molecule has 1 saturated heterocycles. The van der Waals surface area contributed by atoms with Gasteiger partial charge in [-0.15, -0.1) is 0 Å². The molecule has 0 radical (unpaired) electrons. The van der Waals surface area contributed by atoms with Gasteiger partial charge in [-0.2, -0.15) is 5.26 Å². The molecule has 1 unspecified atom stereocenters. The van der Waals surface area contributed by atoms with Crippen molar-refractivity contribution < 1.29 is 4.79 Å². The quantitative estimate of drug-likeness (QED) is 0.934. The summed E-state index contributed by atoms with van der Waals surface area (Å²) in [7, 11) is 0. The monoisotopic (exact) mass is 307 g/mol. The van der Waals surface area contributed by atoms with Crippen molar-refractivity contribution in [1.82, 2.24) is 15.3 Å². The van der Waals surface area contributed by atoms with Crippen LogP contribution in [0.1, 0.15) is 28.9 Å². The highest BCUT2D eigenvalue weighted by molar-refractivity contribution is 5.92. The number of carbonyl (C=O) groups is 1. The highest BCUT2D eigenvalue weighted by Gasteiger charge is 2.22. The lowest BCUT2D eigenvalue weighted by molar-refractivity contribution is 0.0928. The number of benzene rings is 1. The lowest BCUT2D eigenvalue weighted by atomic mass is 10.0. The molecule has 0 aliphatic carbocycles. The predicted octanol–water partition coefficient (Wildman–Crippen LogP) is 1.75. The zero-order valence-corrected chi connectivity index (χ0v) is 12.6. The topological polar surface area (TPSA) is 81.9 Å². The second-order valence-corrected chi connectivity index (χ2v) is 5.51. The molecule has 6 nitrogen and oxygen atoms in total. The Morgan fingerprint density at radius 1 is 1.30 bits per heavy atom. The van der Waals surface area contributed by atoms with E-state index < -0.39 is 0 Å². The van der Waals surface area contributed by atoms with Gasteiger partial charge in [-0.3, -0.25) is 4.79 Å². The minimum Gasteiger partial charge on any atom is -0.369 e. The van der Waals surface area contributed by atoms with E-state index in [2.05, 4.69) is 26.3 Å². The molecule has 1 aliphatic rings. The first-order chi connectivity index (χ1) is 11.3. The maximum atomic E-state index is 12.2. The van der Waals surface area contributed by atoms with E-state index in [0.29, 0.717) is 11.3 Å². The van der Waals surface area contributed by atoms with E-state index in [1.807, 2.05) is 24.3 Å². The number of aromatic nitrogens is 2. The number of amides is 1. The molecular formula is C17H17N5O. The standard InChI is InChI=1S/C17H17N5O/c18-10-13-3-5-15(6-4-13)22-9-1-2-14(11-22)21-17(23)16-7-8-19-12-20-16/h3-8,12,14H,1-2,9,11H2,(H,21,23). The van der Waals surface area contributed by atoms with Gasteiger partial charge in [0.25, 0.3) is 5.91 Å². The number of hydrogen-bond acceptors (Lipinski definition) is 5. The van der Waals surface area contributed by atoms with Gasteiger partial charge in [0, 0.05) is 31.0 Å². The molecule has 1 aromatic carbocycles. The van der Waals surface area contributed by atoms with E-state index in [-0.39, 0.29) is 11.9 Å². The summed E-state index contributed by atoms with van der Waals surface area (Å²) in [6.07, 6.45) is 4.89. The van der Waals surface area contributed by atoms with E-state index in [9.17, 15) is 4.79 Å². The molecular weight excluding hydrogens is 290 g/mol. The first-order valence-electron chi connectivity index (χ1n) is 7.58. The summed E-state index contributed by atoms with van der Waals surface area (Å²) in [5.74, 6) is -0.168. The lowest BCUT2D eigenvalue weighted by Crippen LogP contribution is -2.48. The van der Waals surface area contributed by atoms with Crippen molar-refractivity contribution in [2.24, 2.45) is 0 Å². The van der Waals surface area contributed by atoms with Crippen LogP contribution >= 0.6 is 0 Å². The van der Waals surface area contributed by atoms with E-state index in [4.69, 9.17) is 5.26 Å². The average Bonchev–Trinajstić information content (AvgIpc) is 2.63. The average molecular weight is 307 g/mol. The molecule has 1 fully saturated rings. The van der Waals surface area contributed by atoms with Crippen LogP contribution in [-0.2, 0) is 0 Å². The van der Waals surface area contributed by atoms with Crippen LogP contribution in [0.25, 0.3) is 0 Å². The predicted molar refractivity (Wildman–Crippen MR) is 85.9 cm³/mol. The normalized spacial score (nSPS) is 17.3. The highest BCUT2D eigenvalue weighted by Crippen LogP contribution is 2.20. The Morgan fingerprint density at radius 3 is 2.83 bits per heavy atom. The Balaban J connectivity index is 1.64. The third-order valence-electron chi connectivity index (χ3n) is 3.93. The number of rotatable bonds is 3.